The minimum Gasteiger partial charge on any atom is -0.435 e. The SMILES string of the molecule is O=C(C[C@H]1CCS(=O)(=O)C1)NNC(=S)Nc1ccc(OC(F)F)cc1. The van der Waals surface area contributed by atoms with E-state index in [2.05, 4.69) is 20.9 Å². The van der Waals surface area contributed by atoms with Gasteiger partial charge in [0.2, 0.25) is 5.91 Å². The molecule has 1 atom stereocenters. The van der Waals surface area contributed by atoms with Gasteiger partial charge in [-0.3, -0.25) is 15.6 Å². The van der Waals surface area contributed by atoms with Crippen molar-refractivity contribution in [2.45, 2.75) is 19.5 Å². The molecule has 11 heteroatoms. The van der Waals surface area contributed by atoms with Crippen molar-refractivity contribution in [1.29, 1.82) is 0 Å². The lowest BCUT2D eigenvalue weighted by atomic mass is 10.1. The Morgan fingerprint density at radius 1 is 1.28 bits per heavy atom. The maximum atomic E-state index is 12.1. The van der Waals surface area contributed by atoms with Crippen LogP contribution in [-0.4, -0.2) is 37.6 Å². The number of benzene rings is 1. The van der Waals surface area contributed by atoms with E-state index >= 15 is 0 Å². The number of carbonyl (C=O) groups is 1. The van der Waals surface area contributed by atoms with Gasteiger partial charge in [0.25, 0.3) is 0 Å². The summed E-state index contributed by atoms with van der Waals surface area (Å²) in [5, 5.41) is 2.84. The third-order valence-electron chi connectivity index (χ3n) is 3.45. The molecule has 1 amide bonds. The van der Waals surface area contributed by atoms with Gasteiger partial charge >= 0.3 is 6.61 Å². The number of hydrogen-bond acceptors (Lipinski definition) is 5. The monoisotopic (exact) mass is 393 g/mol. The fourth-order valence-corrected chi connectivity index (χ4v) is 4.39. The first kappa shape index (κ1) is 19.3. The highest BCUT2D eigenvalue weighted by atomic mass is 32.2. The topological polar surface area (TPSA) is 96.5 Å². The molecule has 0 radical (unpaired) electrons. The summed E-state index contributed by atoms with van der Waals surface area (Å²) in [4.78, 5) is 11.8. The van der Waals surface area contributed by atoms with Gasteiger partial charge in [-0.25, -0.2) is 8.42 Å². The van der Waals surface area contributed by atoms with Crippen molar-refractivity contribution in [3.63, 3.8) is 0 Å². The van der Waals surface area contributed by atoms with Crippen LogP contribution in [0.2, 0.25) is 0 Å². The van der Waals surface area contributed by atoms with E-state index in [1.54, 1.807) is 0 Å². The highest BCUT2D eigenvalue weighted by molar-refractivity contribution is 7.91. The third-order valence-corrected chi connectivity index (χ3v) is 5.49. The van der Waals surface area contributed by atoms with E-state index in [1.807, 2.05) is 0 Å². The number of anilines is 1. The van der Waals surface area contributed by atoms with Crippen LogP contribution >= 0.6 is 12.2 Å². The van der Waals surface area contributed by atoms with Crippen LogP contribution < -0.4 is 20.9 Å². The number of thiocarbonyl (C=S) groups is 1. The summed E-state index contributed by atoms with van der Waals surface area (Å²) in [6, 6.07) is 5.65. The van der Waals surface area contributed by atoms with Crippen LogP contribution in [0.5, 0.6) is 5.75 Å². The average Bonchev–Trinajstić information content (AvgIpc) is 2.85. The molecule has 1 saturated heterocycles. The van der Waals surface area contributed by atoms with Gasteiger partial charge in [-0.15, -0.1) is 0 Å². The summed E-state index contributed by atoms with van der Waals surface area (Å²) in [5.74, 6) is -0.401. The van der Waals surface area contributed by atoms with E-state index in [0.29, 0.717) is 12.1 Å². The zero-order valence-electron chi connectivity index (χ0n) is 13.0. The van der Waals surface area contributed by atoms with Gasteiger partial charge < -0.3 is 10.1 Å². The number of alkyl halides is 2. The lowest BCUT2D eigenvalue weighted by molar-refractivity contribution is -0.122. The predicted molar refractivity (Wildman–Crippen MR) is 92.0 cm³/mol. The molecular formula is C14H17F2N3O4S2. The van der Waals surface area contributed by atoms with Crippen LogP contribution in [0.3, 0.4) is 0 Å². The minimum absolute atomic E-state index is 0.0132. The van der Waals surface area contributed by atoms with Crippen molar-refractivity contribution < 1.29 is 26.7 Å². The number of nitrogens with one attached hydrogen (secondary N) is 3. The molecule has 2 rings (SSSR count). The summed E-state index contributed by atoms with van der Waals surface area (Å²) >= 11 is 4.99. The summed E-state index contributed by atoms with van der Waals surface area (Å²) < 4.78 is 51.0. The molecule has 138 valence electrons. The normalized spacial score (nSPS) is 18.6. The van der Waals surface area contributed by atoms with Crippen LogP contribution in [0, 0.1) is 5.92 Å². The van der Waals surface area contributed by atoms with E-state index < -0.39 is 16.4 Å². The quantitative estimate of drug-likeness (QED) is 0.514. The van der Waals surface area contributed by atoms with Crippen molar-refractivity contribution in [3.8, 4) is 5.75 Å². The predicted octanol–water partition coefficient (Wildman–Crippen LogP) is 1.43. The molecule has 0 aromatic heterocycles. The first-order chi connectivity index (χ1) is 11.7. The van der Waals surface area contributed by atoms with Gasteiger partial charge in [0.05, 0.1) is 11.5 Å². The van der Waals surface area contributed by atoms with E-state index in [-0.39, 0.29) is 40.6 Å². The molecular weight excluding hydrogens is 376 g/mol. The zero-order valence-corrected chi connectivity index (χ0v) is 14.6. The van der Waals surface area contributed by atoms with Crippen LogP contribution in [0.25, 0.3) is 0 Å². The van der Waals surface area contributed by atoms with Gasteiger partial charge in [0, 0.05) is 12.1 Å². The van der Waals surface area contributed by atoms with Gasteiger partial charge in [-0.2, -0.15) is 8.78 Å². The molecule has 1 aliphatic heterocycles. The van der Waals surface area contributed by atoms with E-state index in [1.165, 1.54) is 24.3 Å². The standard InChI is InChI=1S/C14H17F2N3O4S2/c15-13(16)23-11-3-1-10(2-4-11)17-14(24)19-18-12(20)7-9-5-6-25(21,22)8-9/h1-4,9,13H,5-8H2,(H,18,20)(H2,17,19,24)/t9-/m1/s1. The Bertz CT molecular complexity index is 726. The molecule has 0 saturated carbocycles. The molecule has 25 heavy (non-hydrogen) atoms. The Morgan fingerprint density at radius 2 is 1.96 bits per heavy atom. The molecule has 1 aliphatic rings. The number of amides is 1. The van der Waals surface area contributed by atoms with Gasteiger partial charge in [-0.05, 0) is 48.8 Å². The smallest absolute Gasteiger partial charge is 0.387 e. The number of hydrazine groups is 1. The summed E-state index contributed by atoms with van der Waals surface area (Å²) in [7, 11) is -3.02. The molecule has 0 spiro atoms. The number of ether oxygens (including phenoxy) is 1. The summed E-state index contributed by atoms with van der Waals surface area (Å²) in [6.07, 6.45) is 0.569. The van der Waals surface area contributed by atoms with E-state index in [4.69, 9.17) is 12.2 Å². The maximum Gasteiger partial charge on any atom is 0.387 e. The highest BCUT2D eigenvalue weighted by Crippen LogP contribution is 2.21. The van der Waals surface area contributed by atoms with Crippen LogP contribution in [0.1, 0.15) is 12.8 Å². The zero-order chi connectivity index (χ0) is 18.4. The average molecular weight is 393 g/mol. The van der Waals surface area contributed by atoms with Crippen molar-refractivity contribution in [2.75, 3.05) is 16.8 Å². The largest absolute Gasteiger partial charge is 0.435 e. The summed E-state index contributed by atoms with van der Waals surface area (Å²) in [6.45, 7) is -2.90. The lowest BCUT2D eigenvalue weighted by Gasteiger charge is -2.13. The van der Waals surface area contributed by atoms with Crippen LogP contribution in [-0.2, 0) is 14.6 Å². The molecule has 1 heterocycles. The maximum absolute atomic E-state index is 12.1. The second-order valence-corrected chi connectivity index (χ2v) is 8.14. The second-order valence-electron chi connectivity index (χ2n) is 5.50. The first-order valence-corrected chi connectivity index (χ1v) is 9.57. The number of hydrogen-bond donors (Lipinski definition) is 3. The molecule has 1 aromatic rings. The third kappa shape index (κ3) is 6.78. The molecule has 3 N–H and O–H groups in total. The molecule has 7 nitrogen and oxygen atoms in total. The Hall–Kier alpha value is -2.01. The Kier molecular flexibility index (Phi) is 6.48. The van der Waals surface area contributed by atoms with Crippen molar-refractivity contribution in [3.05, 3.63) is 24.3 Å². The highest BCUT2D eigenvalue weighted by Gasteiger charge is 2.29. The fourth-order valence-electron chi connectivity index (χ4n) is 2.35. The number of carbonyl (C=O) groups excluding carboxylic acids is 1. The van der Waals surface area contributed by atoms with Crippen LogP contribution in [0.15, 0.2) is 24.3 Å². The molecule has 0 unspecified atom stereocenters. The van der Waals surface area contributed by atoms with E-state index in [0.717, 1.165) is 0 Å². The molecule has 0 aliphatic carbocycles. The van der Waals surface area contributed by atoms with Crippen molar-refractivity contribution in [2.24, 2.45) is 5.92 Å². The minimum atomic E-state index is -3.02. The number of sulfone groups is 1. The van der Waals surface area contributed by atoms with E-state index in [9.17, 15) is 22.0 Å². The Labute approximate surface area is 149 Å². The number of rotatable bonds is 5. The Balaban J connectivity index is 1.72. The van der Waals surface area contributed by atoms with Gasteiger partial charge in [-0.1, -0.05) is 0 Å². The Morgan fingerprint density at radius 3 is 2.52 bits per heavy atom. The van der Waals surface area contributed by atoms with Crippen molar-refractivity contribution >= 4 is 38.8 Å². The van der Waals surface area contributed by atoms with Gasteiger partial charge in [0.15, 0.2) is 14.9 Å². The van der Waals surface area contributed by atoms with Crippen LogP contribution in [0.4, 0.5) is 14.5 Å². The molecule has 1 aromatic carbocycles. The lowest BCUT2D eigenvalue weighted by Crippen LogP contribution is -2.44. The van der Waals surface area contributed by atoms with Crippen molar-refractivity contribution in [1.82, 2.24) is 10.9 Å². The molecule has 1 fully saturated rings. The summed E-state index contributed by atoms with van der Waals surface area (Å²) in [5.41, 5.74) is 5.39. The molecule has 0 bridgehead atoms. The van der Waals surface area contributed by atoms with Gasteiger partial charge in [0.1, 0.15) is 5.75 Å². The number of halogens is 2. The fraction of sp³-hybridized carbons (Fsp3) is 0.429. The second kappa shape index (κ2) is 8.39. The first-order valence-electron chi connectivity index (χ1n) is 7.34.